The standard InChI is InChI=1S/C17H16FN3O3/c18-12-3-1-11(2-4-12)14-9-21-15(19-14)7-8-20(17(21)23)16-6-5-13(10-22)24-16/h1-4,7-9,13,16,22H,5-6,10H2/t13-,16-/m1/s1. The van der Waals surface area contributed by atoms with Gasteiger partial charge in [-0.3, -0.25) is 8.97 Å². The average molecular weight is 329 g/mol. The lowest BCUT2D eigenvalue weighted by molar-refractivity contribution is -0.0247. The molecule has 1 aliphatic rings. The first-order chi connectivity index (χ1) is 11.7. The Hall–Kier alpha value is -2.51. The second-order valence-corrected chi connectivity index (χ2v) is 5.84. The Labute approximate surface area is 136 Å². The van der Waals surface area contributed by atoms with Crippen LogP contribution in [0.15, 0.2) is 47.5 Å². The zero-order chi connectivity index (χ0) is 16.7. The first-order valence-electron chi connectivity index (χ1n) is 7.78. The Morgan fingerprint density at radius 2 is 2.04 bits per heavy atom. The maximum atomic E-state index is 13.0. The molecule has 1 aromatic carbocycles. The topological polar surface area (TPSA) is 68.8 Å². The fourth-order valence-electron chi connectivity index (χ4n) is 3.01. The van der Waals surface area contributed by atoms with Gasteiger partial charge in [0.1, 0.15) is 17.7 Å². The zero-order valence-electron chi connectivity index (χ0n) is 12.8. The lowest BCUT2D eigenvalue weighted by Crippen LogP contribution is -2.29. The van der Waals surface area contributed by atoms with Crippen LogP contribution in [0.2, 0.25) is 0 Å². The van der Waals surface area contributed by atoms with Crippen LogP contribution < -0.4 is 5.69 Å². The average Bonchev–Trinajstić information content (AvgIpc) is 3.23. The zero-order valence-corrected chi connectivity index (χ0v) is 12.8. The summed E-state index contributed by atoms with van der Waals surface area (Å²) < 4.78 is 21.7. The van der Waals surface area contributed by atoms with E-state index in [4.69, 9.17) is 9.84 Å². The Morgan fingerprint density at radius 3 is 2.75 bits per heavy atom. The Morgan fingerprint density at radius 1 is 1.25 bits per heavy atom. The molecule has 1 N–H and O–H groups in total. The third-order valence-electron chi connectivity index (χ3n) is 4.28. The van der Waals surface area contributed by atoms with E-state index < -0.39 is 0 Å². The molecule has 124 valence electrons. The van der Waals surface area contributed by atoms with Crippen LogP contribution in [0.3, 0.4) is 0 Å². The lowest BCUT2D eigenvalue weighted by Gasteiger charge is -2.14. The van der Waals surface area contributed by atoms with Gasteiger partial charge in [-0.15, -0.1) is 0 Å². The van der Waals surface area contributed by atoms with Crippen molar-refractivity contribution in [1.82, 2.24) is 14.0 Å². The molecular formula is C17H16FN3O3. The van der Waals surface area contributed by atoms with Crippen molar-refractivity contribution < 1.29 is 14.2 Å². The molecule has 4 rings (SSSR count). The van der Waals surface area contributed by atoms with Crippen molar-refractivity contribution in [3.05, 3.63) is 59.0 Å². The van der Waals surface area contributed by atoms with E-state index in [2.05, 4.69) is 4.98 Å². The van der Waals surface area contributed by atoms with Crippen LogP contribution >= 0.6 is 0 Å². The third kappa shape index (κ3) is 2.51. The molecule has 0 radical (unpaired) electrons. The fourth-order valence-corrected chi connectivity index (χ4v) is 3.01. The fraction of sp³-hybridized carbons (Fsp3) is 0.294. The molecule has 3 aromatic rings. The maximum absolute atomic E-state index is 13.0. The van der Waals surface area contributed by atoms with E-state index >= 15 is 0 Å². The van der Waals surface area contributed by atoms with E-state index in [9.17, 15) is 9.18 Å². The van der Waals surface area contributed by atoms with Crippen molar-refractivity contribution in [2.45, 2.75) is 25.2 Å². The van der Waals surface area contributed by atoms with E-state index in [1.807, 2.05) is 0 Å². The van der Waals surface area contributed by atoms with Gasteiger partial charge in [0, 0.05) is 18.0 Å². The van der Waals surface area contributed by atoms with Gasteiger partial charge < -0.3 is 9.84 Å². The molecule has 1 saturated heterocycles. The number of aromatic nitrogens is 3. The highest BCUT2D eigenvalue weighted by Gasteiger charge is 2.27. The van der Waals surface area contributed by atoms with Gasteiger partial charge in [0.05, 0.1) is 18.4 Å². The molecule has 7 heteroatoms. The SMILES string of the molecule is O=c1n([C@H]2CC[C@H](CO)O2)ccc2nc(-c3ccc(F)cc3)cn12. The van der Waals surface area contributed by atoms with E-state index in [1.165, 1.54) is 21.1 Å². The smallest absolute Gasteiger partial charge is 0.336 e. The van der Waals surface area contributed by atoms with Crippen LogP contribution in [0.4, 0.5) is 4.39 Å². The van der Waals surface area contributed by atoms with Gasteiger partial charge in [0.2, 0.25) is 0 Å². The quantitative estimate of drug-likeness (QED) is 0.798. The number of fused-ring (bicyclic) bond motifs is 1. The summed E-state index contributed by atoms with van der Waals surface area (Å²) in [5.74, 6) is -0.318. The monoisotopic (exact) mass is 329 g/mol. The van der Waals surface area contributed by atoms with E-state index in [0.29, 0.717) is 17.8 Å². The molecule has 24 heavy (non-hydrogen) atoms. The number of aliphatic hydroxyl groups is 1. The predicted octanol–water partition coefficient (Wildman–Crippen LogP) is 1.97. The highest BCUT2D eigenvalue weighted by atomic mass is 19.1. The highest BCUT2D eigenvalue weighted by molar-refractivity contribution is 5.62. The second kappa shape index (κ2) is 5.85. The molecular weight excluding hydrogens is 313 g/mol. The minimum Gasteiger partial charge on any atom is -0.394 e. The number of hydrogen-bond acceptors (Lipinski definition) is 4. The van der Waals surface area contributed by atoms with Crippen LogP contribution in [0.25, 0.3) is 16.9 Å². The first-order valence-corrected chi connectivity index (χ1v) is 7.78. The summed E-state index contributed by atoms with van der Waals surface area (Å²) in [5.41, 5.74) is 1.61. The summed E-state index contributed by atoms with van der Waals surface area (Å²) in [7, 11) is 0. The van der Waals surface area contributed by atoms with Gasteiger partial charge in [-0.25, -0.2) is 14.2 Å². The van der Waals surface area contributed by atoms with Crippen LogP contribution in [-0.2, 0) is 4.74 Å². The van der Waals surface area contributed by atoms with Gasteiger partial charge in [0.15, 0.2) is 0 Å². The summed E-state index contributed by atoms with van der Waals surface area (Å²) in [6.45, 7) is -0.0483. The van der Waals surface area contributed by atoms with Crippen molar-refractivity contribution in [2.24, 2.45) is 0 Å². The summed E-state index contributed by atoms with van der Waals surface area (Å²) in [4.78, 5) is 17.1. The summed E-state index contributed by atoms with van der Waals surface area (Å²) in [6.07, 6.45) is 4.08. The number of aliphatic hydroxyl groups excluding tert-OH is 1. The minimum atomic E-state index is -0.379. The second-order valence-electron chi connectivity index (χ2n) is 5.84. The molecule has 0 amide bonds. The molecule has 0 unspecified atom stereocenters. The lowest BCUT2D eigenvalue weighted by atomic mass is 10.2. The van der Waals surface area contributed by atoms with Crippen molar-refractivity contribution in [1.29, 1.82) is 0 Å². The number of imidazole rings is 1. The van der Waals surface area contributed by atoms with Crippen molar-refractivity contribution in [3.63, 3.8) is 0 Å². The normalized spacial score (nSPS) is 20.8. The molecule has 1 aliphatic heterocycles. The molecule has 3 heterocycles. The van der Waals surface area contributed by atoms with Crippen LogP contribution in [0.1, 0.15) is 19.1 Å². The van der Waals surface area contributed by atoms with Crippen LogP contribution in [0.5, 0.6) is 0 Å². The number of halogens is 1. The van der Waals surface area contributed by atoms with Crippen LogP contribution in [0, 0.1) is 5.82 Å². The van der Waals surface area contributed by atoms with Gasteiger partial charge >= 0.3 is 5.69 Å². The summed E-state index contributed by atoms with van der Waals surface area (Å²) in [6, 6.07) is 7.71. The minimum absolute atomic E-state index is 0.0483. The highest BCUT2D eigenvalue weighted by Crippen LogP contribution is 2.27. The number of nitrogens with zero attached hydrogens (tertiary/aromatic N) is 3. The molecule has 1 fully saturated rings. The third-order valence-corrected chi connectivity index (χ3v) is 4.28. The van der Waals surface area contributed by atoms with Gasteiger partial charge in [-0.1, -0.05) is 0 Å². The molecule has 0 saturated carbocycles. The van der Waals surface area contributed by atoms with Crippen molar-refractivity contribution in [2.75, 3.05) is 6.61 Å². The van der Waals surface area contributed by atoms with E-state index in [-0.39, 0.29) is 30.4 Å². The summed E-state index contributed by atoms with van der Waals surface area (Å²) >= 11 is 0. The van der Waals surface area contributed by atoms with Crippen molar-refractivity contribution in [3.8, 4) is 11.3 Å². The van der Waals surface area contributed by atoms with Crippen LogP contribution in [-0.4, -0.2) is 31.8 Å². The van der Waals surface area contributed by atoms with Gasteiger partial charge in [-0.2, -0.15) is 0 Å². The molecule has 0 spiro atoms. The summed E-state index contributed by atoms with van der Waals surface area (Å²) in [5, 5.41) is 9.17. The number of ether oxygens (including phenoxy) is 1. The molecule has 0 bridgehead atoms. The Balaban J connectivity index is 1.74. The number of benzene rings is 1. The predicted molar refractivity (Wildman–Crippen MR) is 85.1 cm³/mol. The largest absolute Gasteiger partial charge is 0.394 e. The Kier molecular flexibility index (Phi) is 3.66. The molecule has 2 atom stereocenters. The van der Waals surface area contributed by atoms with E-state index in [1.54, 1.807) is 30.6 Å². The molecule has 6 nitrogen and oxygen atoms in total. The number of rotatable bonds is 3. The van der Waals surface area contributed by atoms with Crippen molar-refractivity contribution >= 4 is 5.65 Å². The van der Waals surface area contributed by atoms with Gasteiger partial charge in [0.25, 0.3) is 0 Å². The maximum Gasteiger partial charge on any atom is 0.336 e. The molecule has 2 aromatic heterocycles. The number of hydrogen-bond donors (Lipinski definition) is 1. The first kappa shape index (κ1) is 15.0. The van der Waals surface area contributed by atoms with Gasteiger partial charge in [-0.05, 0) is 43.2 Å². The Bertz CT molecular complexity index is 932. The van der Waals surface area contributed by atoms with E-state index in [0.717, 1.165) is 12.0 Å². The molecule has 0 aliphatic carbocycles.